The van der Waals surface area contributed by atoms with Gasteiger partial charge in [-0.15, -0.1) is 0 Å². The lowest BCUT2D eigenvalue weighted by Crippen LogP contribution is -2.28. The largest absolute Gasteiger partial charge is 0.409 e. The van der Waals surface area contributed by atoms with Gasteiger partial charge in [-0.3, -0.25) is 4.79 Å². The van der Waals surface area contributed by atoms with Crippen LogP contribution in [-0.4, -0.2) is 34.9 Å². The van der Waals surface area contributed by atoms with E-state index in [-0.39, 0.29) is 11.7 Å². The minimum atomic E-state index is 0.0438. The smallest absolute Gasteiger partial charge is 0.253 e. The number of carbonyl (C=O) groups is 1. The van der Waals surface area contributed by atoms with E-state index in [0.717, 1.165) is 13.1 Å². The Morgan fingerprint density at radius 3 is 2.16 bits per heavy atom. The normalized spacial score (nSPS) is 23.7. The van der Waals surface area contributed by atoms with Gasteiger partial charge < -0.3 is 15.8 Å². The molecular weight excluding hydrogens is 242 g/mol. The van der Waals surface area contributed by atoms with Gasteiger partial charge in [-0.05, 0) is 24.0 Å². The Bertz CT molecular complexity index is 486. The molecule has 0 radical (unpaired) electrons. The van der Waals surface area contributed by atoms with Crippen LogP contribution in [0.3, 0.4) is 0 Å². The van der Waals surface area contributed by atoms with E-state index in [1.807, 2.05) is 4.90 Å². The molecule has 0 spiro atoms. The molecule has 1 heterocycles. The van der Waals surface area contributed by atoms with Crippen molar-refractivity contribution in [1.82, 2.24) is 4.90 Å². The first-order valence-corrected chi connectivity index (χ1v) is 6.40. The van der Waals surface area contributed by atoms with Crippen LogP contribution in [0.5, 0.6) is 0 Å². The van der Waals surface area contributed by atoms with Gasteiger partial charge in [0.15, 0.2) is 5.84 Å². The van der Waals surface area contributed by atoms with Crippen LogP contribution >= 0.6 is 0 Å². The van der Waals surface area contributed by atoms with Gasteiger partial charge in [-0.1, -0.05) is 31.1 Å². The fraction of sp³-hybridized carbons (Fsp3) is 0.429. The molecule has 2 atom stereocenters. The highest BCUT2D eigenvalue weighted by Gasteiger charge is 2.29. The molecule has 1 aliphatic rings. The lowest BCUT2D eigenvalue weighted by Gasteiger charge is -2.16. The highest BCUT2D eigenvalue weighted by atomic mass is 16.4. The van der Waals surface area contributed by atoms with Crippen LogP contribution in [-0.2, 0) is 0 Å². The Balaban J connectivity index is 2.12. The average molecular weight is 261 g/mol. The number of amidine groups is 1. The molecule has 1 fully saturated rings. The van der Waals surface area contributed by atoms with E-state index in [1.165, 1.54) is 0 Å². The second-order valence-corrected chi connectivity index (χ2v) is 5.23. The molecule has 2 rings (SSSR count). The van der Waals surface area contributed by atoms with Gasteiger partial charge in [0.1, 0.15) is 0 Å². The number of oxime groups is 1. The van der Waals surface area contributed by atoms with Crippen molar-refractivity contribution in [3.8, 4) is 0 Å². The van der Waals surface area contributed by atoms with Crippen molar-refractivity contribution in [1.29, 1.82) is 0 Å². The van der Waals surface area contributed by atoms with E-state index in [2.05, 4.69) is 19.0 Å². The summed E-state index contributed by atoms with van der Waals surface area (Å²) in [4.78, 5) is 14.2. The zero-order chi connectivity index (χ0) is 14.0. The van der Waals surface area contributed by atoms with Crippen LogP contribution in [0.1, 0.15) is 29.8 Å². The van der Waals surface area contributed by atoms with Gasteiger partial charge >= 0.3 is 0 Å². The summed E-state index contributed by atoms with van der Waals surface area (Å²) < 4.78 is 0. The maximum atomic E-state index is 12.3. The van der Waals surface area contributed by atoms with Gasteiger partial charge in [0.05, 0.1) is 0 Å². The predicted octanol–water partition coefficient (Wildman–Crippen LogP) is 1.51. The average Bonchev–Trinajstić information content (AvgIpc) is 2.77. The van der Waals surface area contributed by atoms with Crippen LogP contribution in [0.4, 0.5) is 0 Å². The van der Waals surface area contributed by atoms with Crippen molar-refractivity contribution >= 4 is 11.7 Å². The molecule has 19 heavy (non-hydrogen) atoms. The molecule has 0 aromatic heterocycles. The van der Waals surface area contributed by atoms with E-state index < -0.39 is 0 Å². The third-order valence-electron chi connectivity index (χ3n) is 3.81. The highest BCUT2D eigenvalue weighted by Crippen LogP contribution is 2.23. The Morgan fingerprint density at radius 1 is 1.21 bits per heavy atom. The van der Waals surface area contributed by atoms with Crippen LogP contribution in [0, 0.1) is 11.8 Å². The summed E-state index contributed by atoms with van der Waals surface area (Å²) in [7, 11) is 0. The summed E-state index contributed by atoms with van der Waals surface area (Å²) in [6, 6.07) is 6.79. The second-order valence-electron chi connectivity index (χ2n) is 5.23. The molecule has 5 heteroatoms. The van der Waals surface area contributed by atoms with Crippen LogP contribution in [0.2, 0.25) is 0 Å². The molecule has 0 aliphatic carbocycles. The van der Waals surface area contributed by atoms with Gasteiger partial charge in [0.25, 0.3) is 5.91 Å². The molecule has 0 saturated carbocycles. The number of carbonyl (C=O) groups excluding carboxylic acids is 1. The molecule has 2 unspecified atom stereocenters. The molecule has 1 aromatic rings. The summed E-state index contributed by atoms with van der Waals surface area (Å²) in [5.41, 5.74) is 6.72. The van der Waals surface area contributed by atoms with E-state index in [9.17, 15) is 4.79 Å². The fourth-order valence-corrected chi connectivity index (χ4v) is 2.32. The summed E-state index contributed by atoms with van der Waals surface area (Å²) in [5.74, 6) is 1.17. The molecule has 1 saturated heterocycles. The molecule has 102 valence electrons. The SMILES string of the molecule is CC1CN(C(=O)c2ccc(C(N)=NO)cc2)CC1C. The molecule has 5 nitrogen and oxygen atoms in total. The molecule has 3 N–H and O–H groups in total. The van der Waals surface area contributed by atoms with Crippen molar-refractivity contribution in [2.24, 2.45) is 22.7 Å². The van der Waals surface area contributed by atoms with Gasteiger partial charge in [-0.25, -0.2) is 0 Å². The maximum absolute atomic E-state index is 12.3. The third kappa shape index (κ3) is 2.70. The van der Waals surface area contributed by atoms with Gasteiger partial charge in [0.2, 0.25) is 0 Å². The number of hydrogen-bond acceptors (Lipinski definition) is 3. The van der Waals surface area contributed by atoms with E-state index in [1.54, 1.807) is 24.3 Å². The monoisotopic (exact) mass is 261 g/mol. The first-order chi connectivity index (χ1) is 9.02. The standard InChI is InChI=1S/C14H19N3O2/c1-9-7-17(8-10(9)2)14(18)12-5-3-11(4-6-12)13(15)16-19/h3-6,9-10,19H,7-8H2,1-2H3,(H2,15,16). The quantitative estimate of drug-likeness (QED) is 0.366. The van der Waals surface area contributed by atoms with E-state index in [0.29, 0.717) is 23.0 Å². The third-order valence-corrected chi connectivity index (χ3v) is 3.81. The zero-order valence-electron chi connectivity index (χ0n) is 11.2. The number of amides is 1. The molecule has 1 amide bonds. The van der Waals surface area contributed by atoms with Crippen molar-refractivity contribution < 1.29 is 10.0 Å². The van der Waals surface area contributed by atoms with E-state index >= 15 is 0 Å². The fourth-order valence-electron chi connectivity index (χ4n) is 2.32. The summed E-state index contributed by atoms with van der Waals surface area (Å²) in [5, 5.41) is 11.5. The minimum Gasteiger partial charge on any atom is -0.409 e. The Labute approximate surface area is 112 Å². The van der Waals surface area contributed by atoms with Crippen molar-refractivity contribution in [2.45, 2.75) is 13.8 Å². The Hall–Kier alpha value is -2.04. The Kier molecular flexibility index (Phi) is 3.74. The lowest BCUT2D eigenvalue weighted by molar-refractivity contribution is 0.0785. The number of nitrogens with two attached hydrogens (primary N) is 1. The molecule has 1 aromatic carbocycles. The molecule has 0 bridgehead atoms. The Morgan fingerprint density at radius 2 is 1.68 bits per heavy atom. The van der Waals surface area contributed by atoms with Gasteiger partial charge in [0, 0.05) is 24.2 Å². The van der Waals surface area contributed by atoms with E-state index in [4.69, 9.17) is 10.9 Å². The minimum absolute atomic E-state index is 0.0438. The van der Waals surface area contributed by atoms with Crippen LogP contribution < -0.4 is 5.73 Å². The number of likely N-dealkylation sites (tertiary alicyclic amines) is 1. The van der Waals surface area contributed by atoms with Crippen LogP contribution in [0.25, 0.3) is 0 Å². The zero-order valence-corrected chi connectivity index (χ0v) is 11.2. The number of nitrogens with zero attached hydrogens (tertiary/aromatic N) is 2. The molecule has 1 aliphatic heterocycles. The van der Waals surface area contributed by atoms with Gasteiger partial charge in [-0.2, -0.15) is 0 Å². The number of benzene rings is 1. The first-order valence-electron chi connectivity index (χ1n) is 6.40. The van der Waals surface area contributed by atoms with Crippen molar-refractivity contribution in [3.63, 3.8) is 0 Å². The van der Waals surface area contributed by atoms with Crippen molar-refractivity contribution in [2.75, 3.05) is 13.1 Å². The van der Waals surface area contributed by atoms with Crippen LogP contribution in [0.15, 0.2) is 29.4 Å². The number of rotatable bonds is 2. The lowest BCUT2D eigenvalue weighted by atomic mass is 10.0. The second kappa shape index (κ2) is 5.30. The topological polar surface area (TPSA) is 78.9 Å². The summed E-state index contributed by atoms with van der Waals surface area (Å²) in [6.45, 7) is 5.95. The van der Waals surface area contributed by atoms with Crippen molar-refractivity contribution in [3.05, 3.63) is 35.4 Å². The molecular formula is C14H19N3O2. The highest BCUT2D eigenvalue weighted by molar-refractivity contribution is 5.99. The first kappa shape index (κ1) is 13.4. The predicted molar refractivity (Wildman–Crippen MR) is 73.2 cm³/mol. The summed E-state index contributed by atoms with van der Waals surface area (Å²) in [6.07, 6.45) is 0. The maximum Gasteiger partial charge on any atom is 0.253 e. The number of hydrogen-bond donors (Lipinski definition) is 2. The summed E-state index contributed by atoms with van der Waals surface area (Å²) >= 11 is 0.